The molecule has 0 heterocycles. The summed E-state index contributed by atoms with van der Waals surface area (Å²) >= 11 is 0. The number of carboxylic acid groups (broad SMARTS) is 1. The summed E-state index contributed by atoms with van der Waals surface area (Å²) in [6.45, 7) is -0.824. The predicted molar refractivity (Wildman–Crippen MR) is 81.9 cm³/mol. The number of carbonyl (C=O) groups is 2. The SMILES string of the molecule is O=C(O)NC(Cc1ccccc1)C(=O)COc1c(F)ccc(F)c1F. The number of rotatable bonds is 7. The van der Waals surface area contributed by atoms with Crippen molar-refractivity contribution in [2.75, 3.05) is 6.61 Å². The third-order valence-electron chi connectivity index (χ3n) is 3.33. The number of hydrogen-bond acceptors (Lipinski definition) is 3. The second-order valence-corrected chi connectivity index (χ2v) is 5.12. The van der Waals surface area contributed by atoms with Gasteiger partial charge in [-0.1, -0.05) is 30.3 Å². The van der Waals surface area contributed by atoms with Gasteiger partial charge in [0.25, 0.3) is 0 Å². The standard InChI is InChI=1S/C17H14F3NO4/c18-11-6-7-12(19)16(15(11)20)25-9-14(22)13(21-17(23)24)8-10-4-2-1-3-5-10/h1-7,13,21H,8-9H2,(H,23,24). The fraction of sp³-hybridized carbons (Fsp3) is 0.176. The van der Waals surface area contributed by atoms with Crippen molar-refractivity contribution in [2.45, 2.75) is 12.5 Å². The van der Waals surface area contributed by atoms with Gasteiger partial charge in [0, 0.05) is 6.42 Å². The van der Waals surface area contributed by atoms with Gasteiger partial charge < -0.3 is 15.2 Å². The molecule has 2 rings (SSSR count). The third-order valence-corrected chi connectivity index (χ3v) is 3.33. The van der Waals surface area contributed by atoms with E-state index in [-0.39, 0.29) is 6.42 Å². The van der Waals surface area contributed by atoms with E-state index in [0.717, 1.165) is 0 Å². The summed E-state index contributed by atoms with van der Waals surface area (Å²) in [5.74, 6) is -5.83. The second kappa shape index (κ2) is 8.18. The number of nitrogens with one attached hydrogen (secondary N) is 1. The summed E-state index contributed by atoms with van der Waals surface area (Å²) in [6.07, 6.45) is -1.40. The molecule has 0 fully saturated rings. The summed E-state index contributed by atoms with van der Waals surface area (Å²) < 4.78 is 44.8. The van der Waals surface area contributed by atoms with E-state index in [0.29, 0.717) is 17.7 Å². The molecule has 0 aliphatic heterocycles. The van der Waals surface area contributed by atoms with E-state index in [4.69, 9.17) is 9.84 Å². The van der Waals surface area contributed by atoms with Crippen molar-refractivity contribution in [1.29, 1.82) is 0 Å². The largest absolute Gasteiger partial charge is 0.480 e. The highest BCUT2D eigenvalue weighted by Crippen LogP contribution is 2.23. The predicted octanol–water partition coefficient (Wildman–Crippen LogP) is 2.93. The van der Waals surface area contributed by atoms with E-state index < -0.39 is 47.7 Å². The Kier molecular flexibility index (Phi) is 5.99. The number of ether oxygens (including phenoxy) is 1. The van der Waals surface area contributed by atoms with Crippen molar-refractivity contribution in [3.63, 3.8) is 0 Å². The van der Waals surface area contributed by atoms with Gasteiger partial charge in [0.05, 0.1) is 6.04 Å². The number of Topliss-reactive ketones (excluding diaryl/α,β-unsaturated/α-hetero) is 1. The molecule has 1 amide bonds. The van der Waals surface area contributed by atoms with Crippen molar-refractivity contribution in [3.8, 4) is 5.75 Å². The lowest BCUT2D eigenvalue weighted by Crippen LogP contribution is -2.43. The fourth-order valence-corrected chi connectivity index (χ4v) is 2.13. The van der Waals surface area contributed by atoms with Gasteiger partial charge in [-0.15, -0.1) is 0 Å². The van der Waals surface area contributed by atoms with Crippen LogP contribution >= 0.6 is 0 Å². The lowest BCUT2D eigenvalue weighted by atomic mass is 10.0. The molecule has 0 saturated heterocycles. The molecule has 1 atom stereocenters. The Hall–Kier alpha value is -3.03. The summed E-state index contributed by atoms with van der Waals surface area (Å²) in [5.41, 5.74) is 0.678. The van der Waals surface area contributed by atoms with E-state index in [1.165, 1.54) is 0 Å². The van der Waals surface area contributed by atoms with Crippen LogP contribution in [0.5, 0.6) is 5.75 Å². The zero-order valence-electron chi connectivity index (χ0n) is 12.8. The van der Waals surface area contributed by atoms with Crippen LogP contribution in [0.3, 0.4) is 0 Å². The summed E-state index contributed by atoms with van der Waals surface area (Å²) in [4.78, 5) is 23.0. The van der Waals surface area contributed by atoms with Crippen LogP contribution in [0.2, 0.25) is 0 Å². The Labute approximate surface area is 141 Å². The lowest BCUT2D eigenvalue weighted by molar-refractivity contribution is -0.123. The van der Waals surface area contributed by atoms with Gasteiger partial charge in [-0.2, -0.15) is 4.39 Å². The van der Waals surface area contributed by atoms with E-state index in [9.17, 15) is 22.8 Å². The van der Waals surface area contributed by atoms with Crippen LogP contribution in [0.1, 0.15) is 5.56 Å². The van der Waals surface area contributed by atoms with Crippen LogP contribution in [0, 0.1) is 17.5 Å². The van der Waals surface area contributed by atoms with Crippen molar-refractivity contribution < 1.29 is 32.6 Å². The summed E-state index contributed by atoms with van der Waals surface area (Å²) in [5, 5.41) is 10.9. The monoisotopic (exact) mass is 353 g/mol. The number of carbonyl (C=O) groups excluding carboxylic acids is 1. The highest BCUT2D eigenvalue weighted by molar-refractivity contribution is 5.88. The first-order chi connectivity index (χ1) is 11.9. The van der Waals surface area contributed by atoms with Gasteiger partial charge in [0.2, 0.25) is 5.82 Å². The first-order valence-electron chi connectivity index (χ1n) is 7.21. The van der Waals surface area contributed by atoms with Gasteiger partial charge in [0.1, 0.15) is 6.61 Å². The van der Waals surface area contributed by atoms with Gasteiger partial charge in [-0.25, -0.2) is 13.6 Å². The highest BCUT2D eigenvalue weighted by atomic mass is 19.2. The van der Waals surface area contributed by atoms with Crippen molar-refractivity contribution in [3.05, 3.63) is 65.5 Å². The van der Waals surface area contributed by atoms with Crippen LogP contribution in [-0.4, -0.2) is 29.6 Å². The number of hydrogen-bond donors (Lipinski definition) is 2. The average molecular weight is 353 g/mol. The summed E-state index contributed by atoms with van der Waals surface area (Å²) in [7, 11) is 0. The minimum Gasteiger partial charge on any atom is -0.480 e. The average Bonchev–Trinajstić information content (AvgIpc) is 2.58. The fourth-order valence-electron chi connectivity index (χ4n) is 2.13. The van der Waals surface area contributed by atoms with Crippen molar-refractivity contribution in [1.82, 2.24) is 5.32 Å². The van der Waals surface area contributed by atoms with Crippen LogP contribution < -0.4 is 10.1 Å². The Bertz CT molecular complexity index is 768. The second-order valence-electron chi connectivity index (χ2n) is 5.12. The third kappa shape index (κ3) is 4.97. The molecular formula is C17H14F3NO4. The Balaban J connectivity index is 2.09. The van der Waals surface area contributed by atoms with E-state index in [1.807, 2.05) is 5.32 Å². The van der Waals surface area contributed by atoms with Crippen LogP contribution in [0.25, 0.3) is 0 Å². The highest BCUT2D eigenvalue weighted by Gasteiger charge is 2.23. The maximum absolute atomic E-state index is 13.5. The maximum Gasteiger partial charge on any atom is 0.405 e. The molecule has 0 saturated carbocycles. The number of amides is 1. The Morgan fingerprint density at radius 2 is 1.68 bits per heavy atom. The Morgan fingerprint density at radius 3 is 2.32 bits per heavy atom. The van der Waals surface area contributed by atoms with E-state index in [2.05, 4.69) is 0 Å². The van der Waals surface area contributed by atoms with Crippen molar-refractivity contribution >= 4 is 11.9 Å². The topological polar surface area (TPSA) is 75.6 Å². The minimum atomic E-state index is -1.56. The van der Waals surface area contributed by atoms with E-state index >= 15 is 0 Å². The lowest BCUT2D eigenvalue weighted by Gasteiger charge is -2.16. The minimum absolute atomic E-state index is 0.0312. The summed E-state index contributed by atoms with van der Waals surface area (Å²) in [6, 6.07) is 8.63. The van der Waals surface area contributed by atoms with Crippen molar-refractivity contribution in [2.24, 2.45) is 0 Å². The molecule has 132 valence electrons. The van der Waals surface area contributed by atoms with E-state index in [1.54, 1.807) is 30.3 Å². The molecule has 0 radical (unpaired) electrons. The molecule has 2 aromatic rings. The first-order valence-corrected chi connectivity index (χ1v) is 7.21. The zero-order chi connectivity index (χ0) is 18.4. The number of halogens is 3. The molecule has 1 unspecified atom stereocenters. The van der Waals surface area contributed by atoms with Crippen LogP contribution in [0.15, 0.2) is 42.5 Å². The molecule has 0 aliphatic rings. The van der Waals surface area contributed by atoms with Crippen LogP contribution in [0.4, 0.5) is 18.0 Å². The Morgan fingerprint density at radius 1 is 1.04 bits per heavy atom. The normalized spacial score (nSPS) is 11.6. The molecule has 2 N–H and O–H groups in total. The smallest absolute Gasteiger partial charge is 0.405 e. The molecule has 0 bridgehead atoms. The maximum atomic E-state index is 13.5. The molecular weight excluding hydrogens is 339 g/mol. The molecule has 5 nitrogen and oxygen atoms in total. The molecule has 0 aliphatic carbocycles. The van der Waals surface area contributed by atoms with Gasteiger partial charge in [-0.05, 0) is 17.7 Å². The quantitative estimate of drug-likeness (QED) is 0.751. The molecule has 8 heteroatoms. The molecule has 0 spiro atoms. The zero-order valence-corrected chi connectivity index (χ0v) is 12.8. The molecule has 25 heavy (non-hydrogen) atoms. The molecule has 2 aromatic carbocycles. The number of benzene rings is 2. The van der Waals surface area contributed by atoms with Gasteiger partial charge >= 0.3 is 6.09 Å². The van der Waals surface area contributed by atoms with Gasteiger partial charge in [0.15, 0.2) is 23.2 Å². The molecule has 0 aromatic heterocycles. The first kappa shape index (κ1) is 18.3. The number of ketones is 1. The van der Waals surface area contributed by atoms with Gasteiger partial charge in [-0.3, -0.25) is 4.79 Å². The van der Waals surface area contributed by atoms with Crippen LogP contribution in [-0.2, 0) is 11.2 Å².